The number of hydrogen-bond donors (Lipinski definition) is 0. The van der Waals surface area contributed by atoms with Gasteiger partial charge >= 0.3 is 18.4 Å². The maximum Gasteiger partial charge on any atom is 0.449 e. The van der Waals surface area contributed by atoms with Crippen molar-refractivity contribution in [1.29, 1.82) is 0 Å². The van der Waals surface area contributed by atoms with Gasteiger partial charge in [-0.2, -0.15) is 26.3 Å². The molecule has 3 heterocycles. The number of amides is 1. The molecule has 0 N–H and O–H groups in total. The van der Waals surface area contributed by atoms with Crippen molar-refractivity contribution in [2.45, 2.75) is 64.0 Å². The van der Waals surface area contributed by atoms with Gasteiger partial charge in [0.15, 0.2) is 11.0 Å². The third-order valence-corrected chi connectivity index (χ3v) is 6.11. The normalized spacial score (nSPS) is 16.1. The van der Waals surface area contributed by atoms with Crippen molar-refractivity contribution >= 4 is 39.7 Å². The molecule has 1 aliphatic heterocycles. The summed E-state index contributed by atoms with van der Waals surface area (Å²) in [6, 6.07) is 2.18. The van der Waals surface area contributed by atoms with E-state index in [0.717, 1.165) is 12.1 Å². The monoisotopic (exact) mass is 553 g/mol. The van der Waals surface area contributed by atoms with E-state index >= 15 is 0 Å². The van der Waals surface area contributed by atoms with Crippen LogP contribution in [0.15, 0.2) is 21.3 Å². The number of halogens is 7. The van der Waals surface area contributed by atoms with E-state index in [0.29, 0.717) is 12.8 Å². The molecule has 0 spiro atoms. The number of carbonyl (C=O) groups excluding carboxylic acids is 1. The maximum atomic E-state index is 13.6. The molecule has 0 atom stereocenters. The zero-order chi connectivity index (χ0) is 27.5. The number of carbonyl (C=O) groups is 1. The highest BCUT2D eigenvalue weighted by Gasteiger charge is 2.42. The van der Waals surface area contributed by atoms with Gasteiger partial charge in [-0.3, -0.25) is 4.79 Å². The predicted molar refractivity (Wildman–Crippen MR) is 122 cm³/mol. The number of piperidine rings is 1. The first kappa shape index (κ1) is 27.1. The van der Waals surface area contributed by atoms with Crippen LogP contribution in [0.3, 0.4) is 0 Å². The molecule has 0 radical (unpaired) electrons. The lowest BCUT2D eigenvalue weighted by Gasteiger charge is -2.33. The quantitative estimate of drug-likeness (QED) is 0.339. The Bertz CT molecular complexity index is 1410. The molecule has 0 aliphatic carbocycles. The minimum atomic E-state index is -5.23. The Balaban J connectivity index is 1.80. The molecule has 1 fully saturated rings. The molecule has 1 amide bonds. The Morgan fingerprint density at radius 3 is 2.30 bits per heavy atom. The van der Waals surface area contributed by atoms with Crippen molar-refractivity contribution in [3.63, 3.8) is 0 Å². The number of fused-ring (bicyclic) bond motifs is 3. The fourth-order valence-electron chi connectivity index (χ4n) is 4.30. The van der Waals surface area contributed by atoms with E-state index in [9.17, 15) is 35.9 Å². The highest BCUT2D eigenvalue weighted by Crippen LogP contribution is 2.39. The van der Waals surface area contributed by atoms with E-state index in [1.54, 1.807) is 20.8 Å². The minimum absolute atomic E-state index is 0.0681. The van der Waals surface area contributed by atoms with Crippen LogP contribution in [0.4, 0.5) is 31.1 Å². The number of nitrogens with zero attached hydrogens (tertiary/aromatic N) is 3. The number of hydrogen-bond acceptors (Lipinski definition) is 5. The van der Waals surface area contributed by atoms with Crippen LogP contribution >= 0.6 is 11.6 Å². The Labute approximate surface area is 210 Å². The summed E-state index contributed by atoms with van der Waals surface area (Å²) in [6.45, 7) is 3.66. The molecule has 0 unspecified atom stereocenters. The van der Waals surface area contributed by atoms with Crippen LogP contribution in [0, 0.1) is 0 Å². The summed E-state index contributed by atoms with van der Waals surface area (Å²) < 4.78 is 91.8. The van der Waals surface area contributed by atoms with Gasteiger partial charge in [-0.25, -0.2) is 9.78 Å². The van der Waals surface area contributed by atoms with Crippen molar-refractivity contribution in [3.8, 4) is 0 Å². The average Bonchev–Trinajstić information content (AvgIpc) is 3.12. The largest absolute Gasteiger partial charge is 0.458 e. The lowest BCUT2D eigenvalue weighted by Crippen LogP contribution is -2.41. The number of benzene rings is 1. The fraction of sp³-hybridized carbons (Fsp3) is 0.522. The van der Waals surface area contributed by atoms with Gasteiger partial charge in [0.05, 0.1) is 10.4 Å². The van der Waals surface area contributed by atoms with Crippen LogP contribution in [0.1, 0.15) is 51.1 Å². The van der Waals surface area contributed by atoms with Crippen molar-refractivity contribution in [3.05, 3.63) is 39.0 Å². The van der Waals surface area contributed by atoms with E-state index in [1.165, 1.54) is 4.90 Å². The van der Waals surface area contributed by atoms with Crippen LogP contribution < -0.4 is 5.43 Å². The first-order valence-electron chi connectivity index (χ1n) is 11.2. The van der Waals surface area contributed by atoms with Crippen LogP contribution in [0.5, 0.6) is 0 Å². The zero-order valence-electron chi connectivity index (χ0n) is 19.9. The Hall–Kier alpha value is -2.96. The summed E-state index contributed by atoms with van der Waals surface area (Å²) in [5.41, 5.74) is -3.07. The Kier molecular flexibility index (Phi) is 6.66. The summed E-state index contributed by atoms with van der Waals surface area (Å²) in [5, 5.41) is -0.691. The minimum Gasteiger partial charge on any atom is -0.458 e. The third kappa shape index (κ3) is 5.65. The lowest BCUT2D eigenvalue weighted by molar-refractivity contribution is -0.160. The van der Waals surface area contributed by atoms with Crippen LogP contribution in [0.25, 0.3) is 22.0 Å². The fourth-order valence-corrected chi connectivity index (χ4v) is 4.54. The first-order chi connectivity index (χ1) is 16.9. The molecule has 7 nitrogen and oxygen atoms in total. The second-order valence-corrected chi connectivity index (χ2v) is 10.2. The predicted octanol–water partition coefficient (Wildman–Crippen LogP) is 6.49. The molecular formula is C23H22ClF6N3O4. The number of aromatic nitrogens is 2. The molecule has 14 heteroatoms. The van der Waals surface area contributed by atoms with Gasteiger partial charge in [0, 0.05) is 25.1 Å². The van der Waals surface area contributed by atoms with Crippen LogP contribution in [-0.4, -0.2) is 45.4 Å². The smallest absolute Gasteiger partial charge is 0.449 e. The summed E-state index contributed by atoms with van der Waals surface area (Å²) in [5.74, 6) is -2.14. The molecule has 0 saturated carbocycles. The highest BCUT2D eigenvalue weighted by molar-refractivity contribution is 6.36. The van der Waals surface area contributed by atoms with E-state index in [1.807, 2.05) is 0 Å². The molecule has 202 valence electrons. The van der Waals surface area contributed by atoms with Crippen LogP contribution in [0.2, 0.25) is 5.02 Å². The van der Waals surface area contributed by atoms with Crippen molar-refractivity contribution < 1.29 is 40.3 Å². The van der Waals surface area contributed by atoms with E-state index in [2.05, 4.69) is 4.98 Å². The number of imidazole rings is 1. The highest BCUT2D eigenvalue weighted by atomic mass is 35.5. The molecule has 0 bridgehead atoms. The van der Waals surface area contributed by atoms with Crippen molar-refractivity contribution in [2.75, 3.05) is 13.1 Å². The number of likely N-dealkylation sites (tertiary alicyclic amines) is 1. The number of ether oxygens (including phenoxy) is 1. The summed E-state index contributed by atoms with van der Waals surface area (Å²) >= 11 is 6.04. The summed E-state index contributed by atoms with van der Waals surface area (Å²) in [4.78, 5) is 30.0. The van der Waals surface area contributed by atoms with Crippen LogP contribution in [-0.2, 0) is 17.5 Å². The van der Waals surface area contributed by atoms with Gasteiger partial charge in [-0.15, -0.1) is 0 Å². The van der Waals surface area contributed by atoms with Gasteiger partial charge in [0.2, 0.25) is 5.82 Å². The molecule has 1 aliphatic rings. The van der Waals surface area contributed by atoms with Crippen molar-refractivity contribution in [1.82, 2.24) is 14.5 Å². The first-order valence-corrected chi connectivity index (χ1v) is 11.6. The molecular weight excluding hydrogens is 532 g/mol. The standard InChI is InChI=1S/C23H22ClF6N3O4/c1-21(2,3)37-20(35)32-6-4-11(5-7-32)15-9-14(34)12-8-13(24)16-17(18(12)36-15)33(10-22(25,26)27)19(31-16)23(28,29)30/h8-9,11H,4-7,10H2,1-3H3. The second-order valence-electron chi connectivity index (χ2n) is 9.82. The lowest BCUT2D eigenvalue weighted by atomic mass is 9.94. The molecule has 37 heavy (non-hydrogen) atoms. The average molecular weight is 554 g/mol. The molecule has 2 aromatic heterocycles. The SMILES string of the molecule is CC(C)(C)OC(=O)N1CCC(c2cc(=O)c3cc(Cl)c4nc(C(F)(F)F)n(CC(F)(F)F)c4c3o2)CC1. The molecule has 3 aromatic rings. The van der Waals surface area contributed by atoms with Gasteiger partial charge in [0.1, 0.15) is 28.9 Å². The zero-order valence-corrected chi connectivity index (χ0v) is 20.6. The van der Waals surface area contributed by atoms with Crippen molar-refractivity contribution in [2.24, 2.45) is 0 Å². The topological polar surface area (TPSA) is 77.6 Å². The Morgan fingerprint density at radius 1 is 1.14 bits per heavy atom. The van der Waals surface area contributed by atoms with Gasteiger partial charge in [0.25, 0.3) is 0 Å². The second kappa shape index (κ2) is 9.10. The summed E-state index contributed by atoms with van der Waals surface area (Å²) in [7, 11) is 0. The van der Waals surface area contributed by atoms with E-state index in [-0.39, 0.29) is 28.8 Å². The van der Waals surface area contributed by atoms with E-state index in [4.69, 9.17) is 20.8 Å². The Morgan fingerprint density at radius 2 is 1.76 bits per heavy atom. The molecule has 1 aromatic carbocycles. The van der Waals surface area contributed by atoms with Gasteiger partial charge < -0.3 is 18.6 Å². The number of rotatable bonds is 2. The maximum absolute atomic E-state index is 13.6. The van der Waals surface area contributed by atoms with Gasteiger partial charge in [-0.1, -0.05) is 11.6 Å². The number of alkyl halides is 6. The molecule has 1 saturated heterocycles. The molecule has 4 rings (SSSR count). The van der Waals surface area contributed by atoms with E-state index < -0.39 is 69.4 Å². The van der Waals surface area contributed by atoms with Gasteiger partial charge in [-0.05, 0) is 39.7 Å². The summed E-state index contributed by atoms with van der Waals surface area (Å²) in [6.07, 6.45) is -10.1. The third-order valence-electron chi connectivity index (χ3n) is 5.82.